The molecule has 1 atom stereocenters. The summed E-state index contributed by atoms with van der Waals surface area (Å²) in [4.78, 5) is 46.0. The number of aromatic nitrogens is 3. The number of nitrogens with one attached hydrogen (secondary N) is 3. The Kier molecular flexibility index (Phi) is 4.77. The van der Waals surface area contributed by atoms with Crippen molar-refractivity contribution in [2.24, 2.45) is 0 Å². The van der Waals surface area contributed by atoms with Crippen molar-refractivity contribution >= 4 is 28.3 Å². The average Bonchev–Trinajstić information content (AvgIpc) is 3.24. The molecule has 3 heterocycles. The van der Waals surface area contributed by atoms with Crippen LogP contribution in [0.25, 0.3) is 10.9 Å². The number of hydrogen-bond donors (Lipinski definition) is 3. The first-order chi connectivity index (χ1) is 17.0. The normalized spacial score (nSPS) is 14.3. The van der Waals surface area contributed by atoms with Gasteiger partial charge in [0, 0.05) is 22.0 Å². The summed E-state index contributed by atoms with van der Waals surface area (Å²) in [6.07, 6.45) is 0. The molecule has 5 aromatic rings. The minimum absolute atomic E-state index is 0.200. The Morgan fingerprint density at radius 1 is 0.857 bits per heavy atom. The summed E-state index contributed by atoms with van der Waals surface area (Å²) < 4.78 is 1.48. The van der Waals surface area contributed by atoms with Crippen molar-refractivity contribution in [1.82, 2.24) is 14.5 Å². The van der Waals surface area contributed by atoms with Gasteiger partial charge in [0.15, 0.2) is 5.78 Å². The van der Waals surface area contributed by atoms with Crippen molar-refractivity contribution in [2.45, 2.75) is 19.4 Å². The molecule has 0 fully saturated rings. The molecule has 1 aliphatic rings. The fraction of sp³-hybridized carbons (Fsp3) is 0.107. The summed E-state index contributed by atoms with van der Waals surface area (Å²) in [7, 11) is 0. The molecule has 172 valence electrons. The fourth-order valence-electron chi connectivity index (χ4n) is 4.88. The lowest BCUT2D eigenvalue weighted by Gasteiger charge is -2.28. The van der Waals surface area contributed by atoms with Gasteiger partial charge in [0.1, 0.15) is 11.6 Å². The molecule has 3 aromatic carbocycles. The van der Waals surface area contributed by atoms with E-state index in [-0.39, 0.29) is 17.9 Å². The maximum absolute atomic E-state index is 14.0. The van der Waals surface area contributed by atoms with Crippen LogP contribution in [0.4, 0.5) is 11.6 Å². The minimum atomic E-state index is -0.883. The summed E-state index contributed by atoms with van der Waals surface area (Å²) in [5.41, 5.74) is 3.12. The van der Waals surface area contributed by atoms with Gasteiger partial charge in [-0.05, 0) is 18.6 Å². The largest absolute Gasteiger partial charge is 0.341 e. The van der Waals surface area contributed by atoms with Crippen LogP contribution >= 0.6 is 0 Å². The van der Waals surface area contributed by atoms with Crippen LogP contribution in [0.5, 0.6) is 0 Å². The molecule has 3 N–H and O–H groups in total. The van der Waals surface area contributed by atoms with Crippen molar-refractivity contribution in [1.29, 1.82) is 0 Å². The van der Waals surface area contributed by atoms with E-state index in [4.69, 9.17) is 0 Å². The van der Waals surface area contributed by atoms with Gasteiger partial charge < -0.3 is 10.3 Å². The highest BCUT2D eigenvalue weighted by atomic mass is 16.2. The van der Waals surface area contributed by atoms with Crippen LogP contribution in [-0.4, -0.2) is 20.3 Å². The second-order valence-corrected chi connectivity index (χ2v) is 8.84. The second-order valence-electron chi connectivity index (χ2n) is 8.84. The van der Waals surface area contributed by atoms with Gasteiger partial charge in [-0.25, -0.2) is 4.79 Å². The lowest BCUT2D eigenvalue weighted by molar-refractivity contribution is 0.0973. The molecule has 0 spiro atoms. The van der Waals surface area contributed by atoms with E-state index >= 15 is 0 Å². The Balaban J connectivity index is 1.62. The Morgan fingerprint density at radius 3 is 2.34 bits per heavy atom. The summed E-state index contributed by atoms with van der Waals surface area (Å²) in [5, 5.41) is 4.13. The number of aryl methyl sites for hydroxylation is 1. The second kappa shape index (κ2) is 7.99. The van der Waals surface area contributed by atoms with Crippen molar-refractivity contribution < 1.29 is 4.79 Å². The van der Waals surface area contributed by atoms with Gasteiger partial charge in [-0.1, -0.05) is 78.4 Å². The van der Waals surface area contributed by atoms with Gasteiger partial charge >= 0.3 is 5.69 Å². The van der Waals surface area contributed by atoms with Crippen LogP contribution in [0.15, 0.2) is 88.5 Å². The predicted molar refractivity (Wildman–Crippen MR) is 136 cm³/mol. The SMILES string of the molecule is Cc1ccc(C(=O)[C@H]2c3c(n(Cc4ccccc4)c(=O)[nH]c3=O)Nc3[nH]c4ccccc4c32)cc1. The van der Waals surface area contributed by atoms with Crippen LogP contribution in [-0.2, 0) is 6.54 Å². The van der Waals surface area contributed by atoms with Crippen molar-refractivity contribution in [3.05, 3.63) is 128 Å². The Hall–Kier alpha value is -4.65. The monoisotopic (exact) mass is 462 g/mol. The third kappa shape index (κ3) is 3.40. The Morgan fingerprint density at radius 2 is 1.57 bits per heavy atom. The number of nitrogens with zero attached hydrogens (tertiary/aromatic N) is 1. The minimum Gasteiger partial charge on any atom is -0.341 e. The van der Waals surface area contributed by atoms with Gasteiger partial charge in [-0.2, -0.15) is 0 Å². The summed E-state index contributed by atoms with van der Waals surface area (Å²) >= 11 is 0. The first-order valence-electron chi connectivity index (χ1n) is 11.4. The summed E-state index contributed by atoms with van der Waals surface area (Å²) in [6, 6.07) is 24.5. The Labute approximate surface area is 200 Å². The van der Waals surface area contributed by atoms with E-state index in [1.807, 2.05) is 73.7 Å². The maximum atomic E-state index is 14.0. The van der Waals surface area contributed by atoms with Gasteiger partial charge in [0.2, 0.25) is 0 Å². The number of para-hydroxylation sites is 1. The van der Waals surface area contributed by atoms with Crippen LogP contribution in [0.3, 0.4) is 0 Å². The highest BCUT2D eigenvalue weighted by molar-refractivity contribution is 6.09. The van der Waals surface area contributed by atoms with Gasteiger partial charge in [-0.3, -0.25) is 19.1 Å². The number of benzene rings is 3. The summed E-state index contributed by atoms with van der Waals surface area (Å²) in [5.74, 6) is -0.149. The van der Waals surface area contributed by atoms with Crippen LogP contribution in [0.2, 0.25) is 0 Å². The van der Waals surface area contributed by atoms with Crippen molar-refractivity contribution in [3.8, 4) is 0 Å². The van der Waals surface area contributed by atoms with E-state index in [9.17, 15) is 14.4 Å². The molecule has 0 bridgehead atoms. The zero-order valence-corrected chi connectivity index (χ0v) is 19.0. The summed E-state index contributed by atoms with van der Waals surface area (Å²) in [6.45, 7) is 2.20. The van der Waals surface area contributed by atoms with E-state index in [0.29, 0.717) is 22.8 Å². The number of aromatic amines is 2. The number of fused-ring (bicyclic) bond motifs is 4. The molecule has 7 nitrogen and oxygen atoms in total. The lowest BCUT2D eigenvalue weighted by Crippen LogP contribution is -2.38. The molecule has 0 unspecified atom stereocenters. The molecule has 35 heavy (non-hydrogen) atoms. The highest BCUT2D eigenvalue weighted by Gasteiger charge is 2.38. The first-order valence-corrected chi connectivity index (χ1v) is 11.4. The molecule has 0 saturated carbocycles. The topological polar surface area (TPSA) is 99.8 Å². The third-order valence-corrected chi connectivity index (χ3v) is 6.58. The molecule has 2 aromatic heterocycles. The molecule has 0 amide bonds. The van der Waals surface area contributed by atoms with Crippen LogP contribution in [0, 0.1) is 6.92 Å². The van der Waals surface area contributed by atoms with Gasteiger partial charge in [-0.15, -0.1) is 0 Å². The number of carbonyl (C=O) groups excluding carboxylic acids is 1. The molecule has 0 radical (unpaired) electrons. The molecule has 1 aliphatic heterocycles. The van der Waals surface area contributed by atoms with Crippen molar-refractivity contribution in [3.63, 3.8) is 0 Å². The number of carbonyl (C=O) groups is 1. The van der Waals surface area contributed by atoms with Crippen LogP contribution < -0.4 is 16.6 Å². The Bertz CT molecular complexity index is 1710. The molecular weight excluding hydrogens is 440 g/mol. The molecule has 0 aliphatic carbocycles. The van der Waals surface area contributed by atoms with Crippen molar-refractivity contribution in [2.75, 3.05) is 5.32 Å². The number of H-pyrrole nitrogens is 2. The fourth-order valence-corrected chi connectivity index (χ4v) is 4.88. The van der Waals surface area contributed by atoms with Gasteiger partial charge in [0.25, 0.3) is 5.56 Å². The quantitative estimate of drug-likeness (QED) is 0.344. The van der Waals surface area contributed by atoms with E-state index in [0.717, 1.165) is 22.0 Å². The molecular formula is C28H22N4O3. The van der Waals surface area contributed by atoms with E-state index in [2.05, 4.69) is 15.3 Å². The molecule has 6 rings (SSSR count). The molecule has 7 heteroatoms. The average molecular weight is 463 g/mol. The predicted octanol–water partition coefficient (Wildman–Crippen LogP) is 4.45. The van der Waals surface area contributed by atoms with E-state index < -0.39 is 17.2 Å². The third-order valence-electron chi connectivity index (χ3n) is 6.58. The zero-order chi connectivity index (χ0) is 24.1. The lowest BCUT2D eigenvalue weighted by atomic mass is 9.82. The number of hydrogen-bond acceptors (Lipinski definition) is 4. The number of Topliss-reactive ketones (excluding diaryl/α,β-unsaturated/α-hetero) is 1. The first kappa shape index (κ1) is 20.9. The number of anilines is 2. The number of rotatable bonds is 4. The van der Waals surface area contributed by atoms with Gasteiger partial charge in [0.05, 0.1) is 18.0 Å². The van der Waals surface area contributed by atoms with Crippen LogP contribution in [0.1, 0.15) is 38.5 Å². The highest BCUT2D eigenvalue weighted by Crippen LogP contribution is 2.44. The number of ketones is 1. The maximum Gasteiger partial charge on any atom is 0.330 e. The standard InChI is InChI=1S/C28H22N4O3/c1-16-11-13-18(14-12-16)24(33)22-21-19-9-5-6-10-20(19)29-25(21)30-26-23(22)27(34)31-28(35)32(26)15-17-7-3-2-4-8-17/h2-14,22,29-30H,15H2,1H3,(H,31,34,35)/t22-/m1/s1. The smallest absolute Gasteiger partial charge is 0.330 e. The van der Waals surface area contributed by atoms with E-state index in [1.165, 1.54) is 4.57 Å². The molecule has 0 saturated heterocycles. The van der Waals surface area contributed by atoms with E-state index in [1.54, 1.807) is 12.1 Å². The zero-order valence-electron chi connectivity index (χ0n) is 19.0.